The van der Waals surface area contributed by atoms with Crippen LogP contribution in [0.25, 0.3) is 0 Å². The molecule has 0 saturated carbocycles. The summed E-state index contributed by atoms with van der Waals surface area (Å²) in [6, 6.07) is 3.21. The van der Waals surface area contributed by atoms with Crippen molar-refractivity contribution < 1.29 is 14.4 Å². The van der Waals surface area contributed by atoms with E-state index in [1.165, 1.54) is 6.07 Å². The van der Waals surface area contributed by atoms with E-state index in [0.29, 0.717) is 17.1 Å². The normalized spacial score (nSPS) is 21.6. The van der Waals surface area contributed by atoms with Gasteiger partial charge in [0.1, 0.15) is 0 Å². The van der Waals surface area contributed by atoms with Gasteiger partial charge in [-0.25, -0.2) is 0 Å². The lowest BCUT2D eigenvalue weighted by atomic mass is 9.96. The molecule has 84 valence electrons. The Balaban J connectivity index is 2.09. The Kier molecular flexibility index (Phi) is 1.97. The van der Waals surface area contributed by atoms with Crippen LogP contribution in [0.15, 0.2) is 12.1 Å². The zero-order valence-corrected chi connectivity index (χ0v) is 8.43. The lowest BCUT2D eigenvalue weighted by Crippen LogP contribution is -2.35. The van der Waals surface area contributed by atoms with Crippen molar-refractivity contribution in [2.24, 2.45) is 0 Å². The highest BCUT2D eigenvalue weighted by Gasteiger charge is 2.30. The molecule has 2 heterocycles. The Labute approximate surface area is 91.3 Å². The van der Waals surface area contributed by atoms with Gasteiger partial charge in [0.05, 0.1) is 16.6 Å². The van der Waals surface area contributed by atoms with Crippen molar-refractivity contribution in [3.63, 3.8) is 0 Å². The predicted molar refractivity (Wildman–Crippen MR) is 54.6 cm³/mol. The number of hydrogen-bond acceptors (Lipinski definition) is 5. The molecule has 2 aliphatic rings. The molecule has 16 heavy (non-hydrogen) atoms. The van der Waals surface area contributed by atoms with E-state index >= 15 is 0 Å². The molecule has 0 spiro atoms. The third kappa shape index (κ3) is 1.30. The van der Waals surface area contributed by atoms with Gasteiger partial charge in [-0.15, -0.1) is 0 Å². The van der Waals surface area contributed by atoms with Crippen molar-refractivity contribution >= 4 is 5.69 Å². The summed E-state index contributed by atoms with van der Waals surface area (Å²) in [5.41, 5.74) is 0.780. The Hall–Kier alpha value is -1.82. The van der Waals surface area contributed by atoms with Crippen molar-refractivity contribution in [2.45, 2.75) is 12.5 Å². The standard InChI is InChI=1S/C10H10N2O4/c13-12(14)8-4-10-9(15-5-16-10)3-6(8)7-1-2-11-7/h3-4,7,11H,1-2,5H2/t7-/m1/s1. The van der Waals surface area contributed by atoms with Gasteiger partial charge in [0.15, 0.2) is 11.5 Å². The summed E-state index contributed by atoms with van der Waals surface area (Å²) in [6.07, 6.45) is 0.917. The molecule has 1 aromatic rings. The Bertz CT molecular complexity index is 456. The SMILES string of the molecule is O=[N+]([O-])c1cc2c(cc1[C@H]1CCN1)OCO2. The van der Waals surface area contributed by atoms with E-state index in [1.54, 1.807) is 6.07 Å². The number of ether oxygens (including phenoxy) is 2. The van der Waals surface area contributed by atoms with E-state index in [4.69, 9.17) is 9.47 Å². The highest BCUT2D eigenvalue weighted by molar-refractivity contribution is 5.56. The largest absolute Gasteiger partial charge is 0.454 e. The fraction of sp³-hybridized carbons (Fsp3) is 0.400. The Morgan fingerprint density at radius 3 is 2.62 bits per heavy atom. The van der Waals surface area contributed by atoms with E-state index in [2.05, 4.69) is 5.32 Å². The van der Waals surface area contributed by atoms with Gasteiger partial charge >= 0.3 is 0 Å². The van der Waals surface area contributed by atoms with Gasteiger partial charge in [-0.2, -0.15) is 0 Å². The smallest absolute Gasteiger partial charge is 0.278 e. The lowest BCUT2D eigenvalue weighted by Gasteiger charge is -2.27. The maximum absolute atomic E-state index is 10.9. The van der Waals surface area contributed by atoms with Crippen molar-refractivity contribution in [3.8, 4) is 11.5 Å². The first-order valence-corrected chi connectivity index (χ1v) is 5.07. The monoisotopic (exact) mass is 222 g/mol. The van der Waals surface area contributed by atoms with Gasteiger partial charge in [0.25, 0.3) is 5.69 Å². The fourth-order valence-electron chi connectivity index (χ4n) is 1.94. The third-order valence-electron chi connectivity index (χ3n) is 2.92. The maximum atomic E-state index is 10.9. The van der Waals surface area contributed by atoms with Crippen LogP contribution in [0.3, 0.4) is 0 Å². The van der Waals surface area contributed by atoms with Crippen LogP contribution in [0.1, 0.15) is 18.0 Å². The van der Waals surface area contributed by atoms with Crippen LogP contribution in [0.2, 0.25) is 0 Å². The van der Waals surface area contributed by atoms with Crippen LogP contribution in [0, 0.1) is 10.1 Å². The third-order valence-corrected chi connectivity index (χ3v) is 2.92. The van der Waals surface area contributed by atoms with Crippen LogP contribution in [-0.4, -0.2) is 18.3 Å². The van der Waals surface area contributed by atoms with Crippen molar-refractivity contribution in [1.82, 2.24) is 5.32 Å². The molecule has 1 aromatic carbocycles. The van der Waals surface area contributed by atoms with Gasteiger partial charge in [-0.3, -0.25) is 10.1 Å². The van der Waals surface area contributed by atoms with E-state index in [0.717, 1.165) is 13.0 Å². The second-order valence-corrected chi connectivity index (χ2v) is 3.82. The van der Waals surface area contributed by atoms with Gasteiger partial charge in [-0.05, 0) is 19.0 Å². The second kappa shape index (κ2) is 3.34. The number of rotatable bonds is 2. The van der Waals surface area contributed by atoms with Crippen molar-refractivity contribution in [3.05, 3.63) is 27.8 Å². The summed E-state index contributed by atoms with van der Waals surface area (Å²) >= 11 is 0. The van der Waals surface area contributed by atoms with Crippen LogP contribution in [0.5, 0.6) is 11.5 Å². The molecule has 3 rings (SSSR count). The zero-order valence-electron chi connectivity index (χ0n) is 8.43. The van der Waals surface area contributed by atoms with E-state index in [9.17, 15) is 10.1 Å². The van der Waals surface area contributed by atoms with Crippen molar-refractivity contribution in [1.29, 1.82) is 0 Å². The van der Waals surface area contributed by atoms with Gasteiger partial charge in [0.2, 0.25) is 6.79 Å². The molecule has 0 unspecified atom stereocenters. The number of fused-ring (bicyclic) bond motifs is 1. The number of nitrogens with one attached hydrogen (secondary N) is 1. The average Bonchev–Trinajstić information content (AvgIpc) is 2.60. The number of benzene rings is 1. The summed E-state index contributed by atoms with van der Waals surface area (Å²) in [5.74, 6) is 1.05. The minimum absolute atomic E-state index is 0.0647. The molecular formula is C10H10N2O4. The minimum atomic E-state index is -0.378. The molecule has 0 aromatic heterocycles. The highest BCUT2D eigenvalue weighted by Crippen LogP contribution is 2.41. The predicted octanol–water partition coefficient (Wildman–Crippen LogP) is 1.36. The van der Waals surface area contributed by atoms with E-state index in [-0.39, 0.29) is 23.4 Å². The molecule has 1 atom stereocenters. The number of nitrogens with zero attached hydrogens (tertiary/aromatic N) is 1. The molecule has 6 nitrogen and oxygen atoms in total. The number of nitro groups is 1. The molecule has 6 heteroatoms. The maximum Gasteiger partial charge on any atom is 0.278 e. The fourth-order valence-corrected chi connectivity index (χ4v) is 1.94. The van der Waals surface area contributed by atoms with Crippen LogP contribution < -0.4 is 14.8 Å². The summed E-state index contributed by atoms with van der Waals surface area (Å²) < 4.78 is 10.3. The summed E-state index contributed by atoms with van der Waals surface area (Å²) in [5, 5.41) is 14.1. The Morgan fingerprint density at radius 2 is 2.06 bits per heavy atom. The van der Waals surface area contributed by atoms with Gasteiger partial charge < -0.3 is 14.8 Å². The van der Waals surface area contributed by atoms with E-state index < -0.39 is 0 Å². The summed E-state index contributed by atoms with van der Waals surface area (Å²) in [6.45, 7) is 1.03. The minimum Gasteiger partial charge on any atom is -0.454 e. The molecular weight excluding hydrogens is 212 g/mol. The molecule has 2 aliphatic heterocycles. The highest BCUT2D eigenvalue weighted by atomic mass is 16.7. The lowest BCUT2D eigenvalue weighted by molar-refractivity contribution is -0.386. The molecule has 0 aliphatic carbocycles. The van der Waals surface area contributed by atoms with Gasteiger partial charge in [0, 0.05) is 6.04 Å². The summed E-state index contributed by atoms with van der Waals surface area (Å²) in [7, 11) is 0. The first kappa shape index (κ1) is 9.41. The Morgan fingerprint density at radius 1 is 1.38 bits per heavy atom. The second-order valence-electron chi connectivity index (χ2n) is 3.82. The number of nitro benzene ring substituents is 1. The molecule has 0 radical (unpaired) electrons. The first-order chi connectivity index (χ1) is 7.75. The topological polar surface area (TPSA) is 73.6 Å². The van der Waals surface area contributed by atoms with Crippen LogP contribution in [-0.2, 0) is 0 Å². The molecule has 1 saturated heterocycles. The first-order valence-electron chi connectivity index (χ1n) is 5.07. The average molecular weight is 222 g/mol. The summed E-state index contributed by atoms with van der Waals surface area (Å²) in [4.78, 5) is 10.6. The quantitative estimate of drug-likeness (QED) is 0.604. The molecule has 1 fully saturated rings. The van der Waals surface area contributed by atoms with Crippen LogP contribution in [0.4, 0.5) is 5.69 Å². The number of hydrogen-bond donors (Lipinski definition) is 1. The van der Waals surface area contributed by atoms with Gasteiger partial charge in [-0.1, -0.05) is 0 Å². The van der Waals surface area contributed by atoms with Crippen molar-refractivity contribution in [2.75, 3.05) is 13.3 Å². The zero-order chi connectivity index (χ0) is 11.1. The molecule has 1 N–H and O–H groups in total. The van der Waals surface area contributed by atoms with Crippen LogP contribution >= 0.6 is 0 Å². The molecule has 0 amide bonds. The van der Waals surface area contributed by atoms with E-state index in [1.807, 2.05) is 0 Å². The molecule has 0 bridgehead atoms.